The maximum absolute atomic E-state index is 5.75. The van der Waals surface area contributed by atoms with Crippen LogP contribution in [0.1, 0.15) is 38.0 Å². The molecule has 1 N–H and O–H groups in total. The fraction of sp³-hybridized carbons (Fsp3) is 0.733. The van der Waals surface area contributed by atoms with E-state index in [-0.39, 0.29) is 5.60 Å². The molecule has 1 aliphatic carbocycles. The lowest BCUT2D eigenvalue weighted by Crippen LogP contribution is -2.47. The summed E-state index contributed by atoms with van der Waals surface area (Å²) >= 11 is 0. The number of nitrogens with zero attached hydrogens (tertiary/aromatic N) is 1. The van der Waals surface area contributed by atoms with Gasteiger partial charge in [0, 0.05) is 31.2 Å². The highest BCUT2D eigenvalue weighted by molar-refractivity contribution is 5.17. The van der Waals surface area contributed by atoms with Gasteiger partial charge in [-0.3, -0.25) is 4.90 Å². The molecule has 0 bridgehead atoms. The maximum atomic E-state index is 5.75. The van der Waals surface area contributed by atoms with Crippen molar-refractivity contribution in [3.05, 3.63) is 23.7 Å². The topological polar surface area (TPSA) is 37.6 Å². The third-order valence-electron chi connectivity index (χ3n) is 3.87. The molecular formula is C15H24N2O2. The Labute approximate surface area is 115 Å². The van der Waals surface area contributed by atoms with E-state index in [4.69, 9.17) is 9.15 Å². The standard InChI is InChI=1S/C15H24N2O2/c1-15(2)11-17(6-8-19-15)10-14-12(5-7-18-14)9-16-13-3-4-13/h5,7,13,16H,3-4,6,8-11H2,1-2H3. The molecule has 2 aliphatic rings. The summed E-state index contributed by atoms with van der Waals surface area (Å²) < 4.78 is 11.4. The summed E-state index contributed by atoms with van der Waals surface area (Å²) in [5.41, 5.74) is 1.26. The molecule has 1 aromatic rings. The molecule has 1 aliphatic heterocycles. The highest BCUT2D eigenvalue weighted by atomic mass is 16.5. The van der Waals surface area contributed by atoms with Gasteiger partial charge in [0.25, 0.3) is 0 Å². The first kappa shape index (κ1) is 13.2. The molecule has 0 atom stereocenters. The molecule has 3 rings (SSSR count). The van der Waals surface area contributed by atoms with Gasteiger partial charge in [-0.1, -0.05) is 0 Å². The first-order chi connectivity index (χ1) is 9.12. The minimum absolute atomic E-state index is 0.0444. The molecule has 0 radical (unpaired) electrons. The Morgan fingerprint density at radius 1 is 1.42 bits per heavy atom. The molecule has 0 unspecified atom stereocenters. The van der Waals surface area contributed by atoms with Crippen LogP contribution in [0.3, 0.4) is 0 Å². The Morgan fingerprint density at radius 3 is 3.00 bits per heavy atom. The Kier molecular flexibility index (Phi) is 3.65. The highest BCUT2D eigenvalue weighted by Gasteiger charge is 2.28. The second-order valence-corrected chi connectivity index (χ2v) is 6.34. The average Bonchev–Trinajstić information content (AvgIpc) is 3.07. The molecule has 0 amide bonds. The molecule has 4 heteroatoms. The minimum Gasteiger partial charge on any atom is -0.468 e. The van der Waals surface area contributed by atoms with Crippen molar-refractivity contribution in [3.63, 3.8) is 0 Å². The SMILES string of the molecule is CC1(C)CN(Cc2occc2CNC2CC2)CCO1. The lowest BCUT2D eigenvalue weighted by Gasteiger charge is -2.37. The van der Waals surface area contributed by atoms with Gasteiger partial charge in [-0.05, 0) is 32.8 Å². The van der Waals surface area contributed by atoms with E-state index in [1.807, 2.05) is 6.26 Å². The molecule has 19 heavy (non-hydrogen) atoms. The molecule has 1 saturated carbocycles. The van der Waals surface area contributed by atoms with Gasteiger partial charge < -0.3 is 14.5 Å². The number of furan rings is 1. The Morgan fingerprint density at radius 2 is 2.26 bits per heavy atom. The van der Waals surface area contributed by atoms with E-state index in [0.717, 1.165) is 44.6 Å². The summed E-state index contributed by atoms with van der Waals surface area (Å²) in [6.45, 7) is 8.88. The van der Waals surface area contributed by atoms with Crippen LogP contribution in [0.4, 0.5) is 0 Å². The van der Waals surface area contributed by atoms with Crippen LogP contribution in [0.5, 0.6) is 0 Å². The molecule has 2 heterocycles. The van der Waals surface area contributed by atoms with Crippen LogP contribution >= 0.6 is 0 Å². The number of hydrogen-bond donors (Lipinski definition) is 1. The predicted molar refractivity (Wildman–Crippen MR) is 73.9 cm³/mol. The molecule has 1 aromatic heterocycles. The van der Waals surface area contributed by atoms with Crippen LogP contribution in [0, 0.1) is 0 Å². The van der Waals surface area contributed by atoms with Crippen molar-refractivity contribution in [1.82, 2.24) is 10.2 Å². The van der Waals surface area contributed by atoms with Crippen molar-refractivity contribution < 1.29 is 9.15 Å². The fourth-order valence-corrected chi connectivity index (χ4v) is 2.66. The first-order valence-corrected chi connectivity index (χ1v) is 7.27. The second kappa shape index (κ2) is 5.27. The Hall–Kier alpha value is -0.840. The minimum atomic E-state index is -0.0444. The maximum Gasteiger partial charge on any atom is 0.122 e. The van der Waals surface area contributed by atoms with E-state index in [0.29, 0.717) is 0 Å². The summed E-state index contributed by atoms with van der Waals surface area (Å²) in [4.78, 5) is 2.42. The summed E-state index contributed by atoms with van der Waals surface area (Å²) in [7, 11) is 0. The third kappa shape index (κ3) is 3.59. The third-order valence-corrected chi connectivity index (χ3v) is 3.87. The molecule has 106 valence electrons. The largest absolute Gasteiger partial charge is 0.468 e. The smallest absolute Gasteiger partial charge is 0.122 e. The lowest BCUT2D eigenvalue weighted by atomic mass is 10.1. The van der Waals surface area contributed by atoms with E-state index in [1.54, 1.807) is 0 Å². The van der Waals surface area contributed by atoms with Crippen molar-refractivity contribution >= 4 is 0 Å². The molecule has 4 nitrogen and oxygen atoms in total. The van der Waals surface area contributed by atoms with Crippen LogP contribution in [0.25, 0.3) is 0 Å². The van der Waals surface area contributed by atoms with Crippen LogP contribution in [0.2, 0.25) is 0 Å². The van der Waals surface area contributed by atoms with Gasteiger partial charge in [0.1, 0.15) is 5.76 Å². The van der Waals surface area contributed by atoms with Gasteiger partial charge in [-0.25, -0.2) is 0 Å². The molecule has 0 aromatic carbocycles. The van der Waals surface area contributed by atoms with Crippen LogP contribution in [-0.4, -0.2) is 36.2 Å². The van der Waals surface area contributed by atoms with E-state index < -0.39 is 0 Å². The van der Waals surface area contributed by atoms with Crippen molar-refractivity contribution in [1.29, 1.82) is 0 Å². The number of morpholine rings is 1. The first-order valence-electron chi connectivity index (χ1n) is 7.27. The zero-order valence-corrected chi connectivity index (χ0v) is 11.9. The Bertz CT molecular complexity index is 424. The van der Waals surface area contributed by atoms with Crippen LogP contribution in [0.15, 0.2) is 16.7 Å². The quantitative estimate of drug-likeness (QED) is 0.884. The van der Waals surface area contributed by atoms with Crippen molar-refractivity contribution in [3.8, 4) is 0 Å². The van der Waals surface area contributed by atoms with Gasteiger partial charge in [-0.15, -0.1) is 0 Å². The van der Waals surface area contributed by atoms with Crippen LogP contribution < -0.4 is 5.32 Å². The fourth-order valence-electron chi connectivity index (χ4n) is 2.66. The normalized spacial score (nSPS) is 23.7. The number of ether oxygens (including phenoxy) is 1. The van der Waals surface area contributed by atoms with E-state index in [2.05, 4.69) is 30.1 Å². The number of hydrogen-bond acceptors (Lipinski definition) is 4. The highest BCUT2D eigenvalue weighted by Crippen LogP contribution is 2.22. The van der Waals surface area contributed by atoms with E-state index >= 15 is 0 Å². The number of nitrogens with one attached hydrogen (secondary N) is 1. The van der Waals surface area contributed by atoms with E-state index in [9.17, 15) is 0 Å². The molecular weight excluding hydrogens is 240 g/mol. The Balaban J connectivity index is 1.57. The monoisotopic (exact) mass is 264 g/mol. The predicted octanol–water partition coefficient (Wildman–Crippen LogP) is 2.14. The summed E-state index contributed by atoms with van der Waals surface area (Å²) in [6, 6.07) is 2.83. The van der Waals surface area contributed by atoms with Crippen molar-refractivity contribution in [2.24, 2.45) is 0 Å². The van der Waals surface area contributed by atoms with Gasteiger partial charge in [-0.2, -0.15) is 0 Å². The summed E-state index contributed by atoms with van der Waals surface area (Å²) in [5, 5.41) is 3.55. The van der Waals surface area contributed by atoms with Gasteiger partial charge in [0.2, 0.25) is 0 Å². The summed E-state index contributed by atoms with van der Waals surface area (Å²) in [5.74, 6) is 1.10. The molecule has 1 saturated heterocycles. The number of rotatable bonds is 5. The average molecular weight is 264 g/mol. The zero-order valence-electron chi connectivity index (χ0n) is 11.9. The van der Waals surface area contributed by atoms with E-state index in [1.165, 1.54) is 18.4 Å². The molecule has 0 spiro atoms. The lowest BCUT2D eigenvalue weighted by molar-refractivity contribution is -0.0895. The van der Waals surface area contributed by atoms with Crippen molar-refractivity contribution in [2.75, 3.05) is 19.7 Å². The van der Waals surface area contributed by atoms with Gasteiger partial charge in [0.15, 0.2) is 0 Å². The van der Waals surface area contributed by atoms with Gasteiger partial charge in [0.05, 0.1) is 25.0 Å². The zero-order chi connectivity index (χ0) is 13.3. The van der Waals surface area contributed by atoms with Crippen molar-refractivity contribution in [2.45, 2.75) is 51.4 Å². The summed E-state index contributed by atoms with van der Waals surface area (Å²) in [6.07, 6.45) is 4.46. The van der Waals surface area contributed by atoms with Crippen LogP contribution in [-0.2, 0) is 17.8 Å². The molecule has 2 fully saturated rings. The second-order valence-electron chi connectivity index (χ2n) is 6.34. The van der Waals surface area contributed by atoms with Gasteiger partial charge >= 0.3 is 0 Å².